The quantitative estimate of drug-likeness (QED) is 0.749. The van der Waals surface area contributed by atoms with Crippen molar-refractivity contribution in [2.24, 2.45) is 5.73 Å². The van der Waals surface area contributed by atoms with Crippen LogP contribution in [0.15, 0.2) is 48.5 Å². The first-order valence-electron chi connectivity index (χ1n) is 6.63. The summed E-state index contributed by atoms with van der Waals surface area (Å²) < 4.78 is 9.96. The van der Waals surface area contributed by atoms with Gasteiger partial charge in [0.05, 0.1) is 32.1 Å². The Bertz CT molecular complexity index is 603. The average Bonchev–Trinajstić information content (AvgIpc) is 2.56. The number of hydrogen-bond donors (Lipinski definition) is 3. The molecule has 118 valence electrons. The number of carbonyl (C=O) groups is 1. The Morgan fingerprint density at radius 3 is 2.05 bits per heavy atom. The van der Waals surface area contributed by atoms with Gasteiger partial charge in [-0.25, -0.2) is 0 Å². The monoisotopic (exact) mass is 303 g/mol. The van der Waals surface area contributed by atoms with E-state index in [-0.39, 0.29) is 12.5 Å². The van der Waals surface area contributed by atoms with Crippen LogP contribution in [0.1, 0.15) is 0 Å². The maximum atomic E-state index is 11.0. The summed E-state index contributed by atoms with van der Waals surface area (Å²) >= 11 is 0. The van der Waals surface area contributed by atoms with Crippen LogP contribution in [0.5, 0.6) is 11.5 Å². The molecule has 0 saturated carbocycles. The molecule has 2 aromatic carbocycles. The lowest BCUT2D eigenvalue weighted by Crippen LogP contribution is -2.22. The van der Waals surface area contributed by atoms with Gasteiger partial charge < -0.3 is 26.3 Å². The van der Waals surface area contributed by atoms with Gasteiger partial charge in [0.15, 0.2) is 0 Å². The maximum absolute atomic E-state index is 11.0. The second-order valence-electron chi connectivity index (χ2n) is 4.19. The fraction of sp³-hybridized carbons (Fsp3) is 0.188. The van der Waals surface area contributed by atoms with Crippen molar-refractivity contribution in [3.05, 3.63) is 48.5 Å². The van der Waals surface area contributed by atoms with Crippen molar-refractivity contribution >= 4 is 17.3 Å². The first-order chi connectivity index (χ1) is 10.6. The van der Waals surface area contributed by atoms with E-state index in [0.717, 1.165) is 5.75 Å². The molecule has 0 bridgehead atoms. The van der Waals surface area contributed by atoms with Crippen molar-refractivity contribution in [3.8, 4) is 11.5 Å². The molecule has 0 aromatic heterocycles. The number of carbonyl (C=O) groups excluding carboxylic acids is 1. The zero-order chi connectivity index (χ0) is 16.4. The van der Waals surface area contributed by atoms with E-state index in [4.69, 9.17) is 20.9 Å². The number of rotatable bonds is 4. The van der Waals surface area contributed by atoms with Crippen LogP contribution >= 0.6 is 0 Å². The van der Waals surface area contributed by atoms with Gasteiger partial charge in [-0.2, -0.15) is 0 Å². The predicted octanol–water partition coefficient (Wildman–Crippen LogP) is 1.87. The van der Waals surface area contributed by atoms with Gasteiger partial charge in [-0.1, -0.05) is 24.3 Å². The van der Waals surface area contributed by atoms with E-state index in [0.29, 0.717) is 17.1 Å². The number of nitrogens with one attached hydrogen (secondary N) is 1. The minimum atomic E-state index is -0.232. The predicted molar refractivity (Wildman–Crippen MR) is 88.1 cm³/mol. The van der Waals surface area contributed by atoms with E-state index in [1.165, 1.54) is 0 Å². The summed E-state index contributed by atoms with van der Waals surface area (Å²) in [5, 5.41) is 2.62. The Morgan fingerprint density at radius 2 is 1.55 bits per heavy atom. The van der Waals surface area contributed by atoms with Gasteiger partial charge in [-0.3, -0.25) is 4.79 Å². The van der Waals surface area contributed by atoms with E-state index in [1.807, 2.05) is 30.3 Å². The highest BCUT2D eigenvalue weighted by Crippen LogP contribution is 2.22. The number of amides is 1. The third-order valence-electron chi connectivity index (χ3n) is 2.71. The van der Waals surface area contributed by atoms with Crippen molar-refractivity contribution in [1.29, 1.82) is 0 Å². The summed E-state index contributed by atoms with van der Waals surface area (Å²) in [5.41, 5.74) is 12.0. The van der Waals surface area contributed by atoms with Crippen LogP contribution in [0.4, 0.5) is 11.4 Å². The number of anilines is 2. The molecule has 22 heavy (non-hydrogen) atoms. The molecule has 0 aliphatic rings. The Hall–Kier alpha value is -2.73. The van der Waals surface area contributed by atoms with Crippen LogP contribution in [0.25, 0.3) is 0 Å². The lowest BCUT2D eigenvalue weighted by Gasteiger charge is -2.08. The molecule has 0 spiro atoms. The molecule has 2 aromatic rings. The zero-order valence-corrected chi connectivity index (χ0v) is 12.7. The molecule has 0 atom stereocenters. The van der Waals surface area contributed by atoms with Gasteiger partial charge >= 0.3 is 0 Å². The van der Waals surface area contributed by atoms with Crippen molar-refractivity contribution in [3.63, 3.8) is 0 Å². The van der Waals surface area contributed by atoms with Crippen molar-refractivity contribution in [2.45, 2.75) is 0 Å². The third kappa shape index (κ3) is 5.34. The Labute approximate surface area is 130 Å². The summed E-state index contributed by atoms with van der Waals surface area (Å²) in [5.74, 6) is 1.13. The van der Waals surface area contributed by atoms with E-state index < -0.39 is 0 Å². The van der Waals surface area contributed by atoms with Crippen molar-refractivity contribution in [2.75, 3.05) is 31.8 Å². The van der Waals surface area contributed by atoms with Crippen molar-refractivity contribution in [1.82, 2.24) is 0 Å². The Balaban J connectivity index is 0.000000235. The first kappa shape index (κ1) is 17.3. The molecular formula is C16H21N3O3. The molecule has 6 heteroatoms. The number of benzene rings is 2. The molecule has 2 rings (SSSR count). The zero-order valence-electron chi connectivity index (χ0n) is 12.7. The van der Waals surface area contributed by atoms with Crippen LogP contribution in [0, 0.1) is 0 Å². The standard InChI is InChI=1S/C9H12N2O2.C7H9NO/c1-13-8-5-3-2-4-7(8)11-9(12)6-10;1-9-7-5-3-2-4-6(7)8/h2-5H,6,10H2,1H3,(H,11,12);2-5H,8H2,1H3. The van der Waals surface area contributed by atoms with E-state index >= 15 is 0 Å². The fourth-order valence-corrected chi connectivity index (χ4v) is 1.62. The summed E-state index contributed by atoms with van der Waals surface area (Å²) in [6, 6.07) is 14.6. The summed E-state index contributed by atoms with van der Waals surface area (Å²) in [6.45, 7) is -0.0297. The minimum absolute atomic E-state index is 0.0297. The van der Waals surface area contributed by atoms with Gasteiger partial charge in [-0.05, 0) is 24.3 Å². The van der Waals surface area contributed by atoms with Gasteiger partial charge in [0.2, 0.25) is 5.91 Å². The highest BCUT2D eigenvalue weighted by atomic mass is 16.5. The smallest absolute Gasteiger partial charge is 0.238 e. The highest BCUT2D eigenvalue weighted by molar-refractivity contribution is 5.93. The second-order valence-corrected chi connectivity index (χ2v) is 4.19. The molecule has 1 amide bonds. The van der Waals surface area contributed by atoms with Crippen molar-refractivity contribution < 1.29 is 14.3 Å². The number of ether oxygens (including phenoxy) is 2. The normalized spacial score (nSPS) is 9.23. The molecule has 5 N–H and O–H groups in total. The lowest BCUT2D eigenvalue weighted by molar-refractivity contribution is -0.114. The third-order valence-corrected chi connectivity index (χ3v) is 2.71. The molecule has 0 aliphatic carbocycles. The minimum Gasteiger partial charge on any atom is -0.495 e. The van der Waals surface area contributed by atoms with Gasteiger partial charge in [-0.15, -0.1) is 0 Å². The lowest BCUT2D eigenvalue weighted by atomic mass is 10.3. The molecule has 0 unspecified atom stereocenters. The number of nitrogens with two attached hydrogens (primary N) is 2. The van der Waals surface area contributed by atoms with E-state index in [2.05, 4.69) is 5.32 Å². The molecule has 0 radical (unpaired) electrons. The maximum Gasteiger partial charge on any atom is 0.238 e. The number of para-hydroxylation sites is 4. The van der Waals surface area contributed by atoms with Crippen LogP contribution in [0.3, 0.4) is 0 Å². The number of methoxy groups -OCH3 is 2. The Kier molecular flexibility index (Phi) is 7.28. The summed E-state index contributed by atoms with van der Waals surface area (Å²) in [7, 11) is 3.15. The molecule has 6 nitrogen and oxygen atoms in total. The Morgan fingerprint density at radius 1 is 1.00 bits per heavy atom. The van der Waals surface area contributed by atoms with Gasteiger partial charge in [0.1, 0.15) is 11.5 Å². The second kappa shape index (κ2) is 9.25. The van der Waals surface area contributed by atoms with E-state index in [1.54, 1.807) is 32.4 Å². The van der Waals surface area contributed by atoms with Gasteiger partial charge in [0, 0.05) is 0 Å². The topological polar surface area (TPSA) is 99.6 Å². The van der Waals surface area contributed by atoms with Crippen LogP contribution in [-0.4, -0.2) is 26.7 Å². The molecule has 0 heterocycles. The highest BCUT2D eigenvalue weighted by Gasteiger charge is 2.03. The number of hydrogen-bond acceptors (Lipinski definition) is 5. The average molecular weight is 303 g/mol. The van der Waals surface area contributed by atoms with E-state index in [9.17, 15) is 4.79 Å². The molecule has 0 saturated heterocycles. The SMILES string of the molecule is COc1ccccc1N.COc1ccccc1NC(=O)CN. The fourth-order valence-electron chi connectivity index (χ4n) is 1.62. The first-order valence-corrected chi connectivity index (χ1v) is 6.63. The molecule has 0 aliphatic heterocycles. The molecular weight excluding hydrogens is 282 g/mol. The van der Waals surface area contributed by atoms with Crippen LogP contribution in [0.2, 0.25) is 0 Å². The van der Waals surface area contributed by atoms with Gasteiger partial charge in [0.25, 0.3) is 0 Å². The molecule has 0 fully saturated rings. The number of nitrogen functional groups attached to an aromatic ring is 1. The summed E-state index contributed by atoms with van der Waals surface area (Å²) in [6.07, 6.45) is 0. The largest absolute Gasteiger partial charge is 0.495 e. The van der Waals surface area contributed by atoms with Crippen LogP contribution < -0.4 is 26.3 Å². The summed E-state index contributed by atoms with van der Waals surface area (Å²) in [4.78, 5) is 11.0. The van der Waals surface area contributed by atoms with Crippen LogP contribution in [-0.2, 0) is 4.79 Å².